The summed E-state index contributed by atoms with van der Waals surface area (Å²) in [7, 11) is 4.08. The van der Waals surface area contributed by atoms with Crippen LogP contribution >= 0.6 is 22.9 Å². The van der Waals surface area contributed by atoms with Crippen molar-refractivity contribution in [2.45, 2.75) is 6.54 Å². The Balaban J connectivity index is 1.47. The minimum atomic E-state index is 0.703. The van der Waals surface area contributed by atoms with E-state index in [0.29, 0.717) is 5.02 Å². The number of halogens is 1. The number of anilines is 2. The molecule has 0 spiro atoms. The highest BCUT2D eigenvalue weighted by Crippen LogP contribution is 2.26. The molecule has 0 saturated carbocycles. The zero-order valence-corrected chi connectivity index (χ0v) is 16.1. The van der Waals surface area contributed by atoms with Gasteiger partial charge in [0.2, 0.25) is 10.1 Å². The van der Waals surface area contributed by atoms with Gasteiger partial charge < -0.3 is 10.2 Å². The zero-order chi connectivity index (χ0) is 18.1. The monoisotopic (exact) mass is 383 g/mol. The topological polar surface area (TPSA) is 45.5 Å². The fraction of sp³-hybridized carbons (Fsp3) is 0.158. The average molecular weight is 384 g/mol. The molecule has 2 aromatic heterocycles. The molecular formula is C19H18ClN5S. The second kappa shape index (κ2) is 6.97. The van der Waals surface area contributed by atoms with Crippen LogP contribution < -0.4 is 10.2 Å². The summed E-state index contributed by atoms with van der Waals surface area (Å²) >= 11 is 7.59. The van der Waals surface area contributed by atoms with Gasteiger partial charge >= 0.3 is 0 Å². The van der Waals surface area contributed by atoms with Crippen LogP contribution in [-0.2, 0) is 6.54 Å². The first-order valence-electron chi connectivity index (χ1n) is 8.21. The lowest BCUT2D eigenvalue weighted by atomic mass is 10.2. The fourth-order valence-electron chi connectivity index (χ4n) is 2.65. The van der Waals surface area contributed by atoms with Crippen LogP contribution in [0.3, 0.4) is 0 Å². The van der Waals surface area contributed by atoms with Gasteiger partial charge in [-0.05, 0) is 29.8 Å². The van der Waals surface area contributed by atoms with Gasteiger partial charge in [0, 0.05) is 36.9 Å². The van der Waals surface area contributed by atoms with E-state index < -0.39 is 0 Å². The first-order valence-corrected chi connectivity index (χ1v) is 9.40. The minimum absolute atomic E-state index is 0.703. The molecule has 0 unspecified atom stereocenters. The van der Waals surface area contributed by atoms with Crippen molar-refractivity contribution in [3.05, 3.63) is 65.3 Å². The summed E-state index contributed by atoms with van der Waals surface area (Å²) in [6.45, 7) is 0.728. The number of nitrogens with one attached hydrogen (secondary N) is 1. The Labute approximate surface area is 160 Å². The molecule has 0 atom stereocenters. The van der Waals surface area contributed by atoms with Crippen molar-refractivity contribution in [1.82, 2.24) is 14.6 Å². The summed E-state index contributed by atoms with van der Waals surface area (Å²) in [6.07, 6.45) is 1.93. The SMILES string of the molecule is CN(C)c1ccc(CNc2nn3cc(-c4cccc(Cl)c4)nc3s2)cc1. The van der Waals surface area contributed by atoms with Gasteiger partial charge in [-0.1, -0.05) is 47.2 Å². The van der Waals surface area contributed by atoms with E-state index in [0.717, 1.165) is 27.9 Å². The normalized spacial score (nSPS) is 11.0. The lowest BCUT2D eigenvalue weighted by Crippen LogP contribution is -2.08. The third-order valence-corrected chi connectivity index (χ3v) is 5.18. The third-order valence-electron chi connectivity index (χ3n) is 4.06. The highest BCUT2D eigenvalue weighted by molar-refractivity contribution is 7.20. The van der Waals surface area contributed by atoms with Crippen molar-refractivity contribution in [3.63, 3.8) is 0 Å². The number of hydrogen-bond acceptors (Lipinski definition) is 5. The summed E-state index contributed by atoms with van der Waals surface area (Å²) in [5.74, 6) is 0. The van der Waals surface area contributed by atoms with Crippen molar-refractivity contribution in [2.75, 3.05) is 24.3 Å². The van der Waals surface area contributed by atoms with Gasteiger partial charge in [0.25, 0.3) is 0 Å². The van der Waals surface area contributed by atoms with Gasteiger partial charge in [-0.3, -0.25) is 0 Å². The lowest BCUT2D eigenvalue weighted by Gasteiger charge is -2.12. The summed E-state index contributed by atoms with van der Waals surface area (Å²) in [4.78, 5) is 7.59. The van der Waals surface area contributed by atoms with E-state index in [2.05, 4.69) is 44.6 Å². The number of aromatic nitrogens is 3. The first-order chi connectivity index (χ1) is 12.6. The van der Waals surface area contributed by atoms with E-state index in [1.54, 1.807) is 4.52 Å². The molecule has 7 heteroatoms. The predicted octanol–water partition coefficient (Wildman–Crippen LogP) is 4.79. The van der Waals surface area contributed by atoms with Crippen LogP contribution in [-0.4, -0.2) is 28.7 Å². The Morgan fingerprint density at radius 1 is 1.15 bits per heavy atom. The largest absolute Gasteiger partial charge is 0.378 e. The van der Waals surface area contributed by atoms with Crippen LogP contribution in [0.4, 0.5) is 10.8 Å². The maximum atomic E-state index is 6.06. The minimum Gasteiger partial charge on any atom is -0.378 e. The van der Waals surface area contributed by atoms with E-state index in [4.69, 9.17) is 11.6 Å². The second-order valence-electron chi connectivity index (χ2n) is 6.19. The van der Waals surface area contributed by atoms with Crippen molar-refractivity contribution in [1.29, 1.82) is 0 Å². The Kier molecular flexibility index (Phi) is 4.53. The number of hydrogen-bond donors (Lipinski definition) is 1. The molecule has 0 radical (unpaired) electrons. The van der Waals surface area contributed by atoms with Crippen LogP contribution in [0.2, 0.25) is 5.02 Å². The van der Waals surface area contributed by atoms with Crippen molar-refractivity contribution >= 4 is 38.7 Å². The van der Waals surface area contributed by atoms with Crippen LogP contribution in [0.1, 0.15) is 5.56 Å². The van der Waals surface area contributed by atoms with Crippen molar-refractivity contribution in [2.24, 2.45) is 0 Å². The van der Waals surface area contributed by atoms with E-state index in [1.165, 1.54) is 22.6 Å². The second-order valence-corrected chi connectivity index (χ2v) is 7.58. The summed E-state index contributed by atoms with van der Waals surface area (Å²) < 4.78 is 1.80. The van der Waals surface area contributed by atoms with Gasteiger partial charge in [-0.2, -0.15) is 0 Å². The van der Waals surface area contributed by atoms with Crippen LogP contribution in [0, 0.1) is 0 Å². The Bertz CT molecular complexity index is 1000. The van der Waals surface area contributed by atoms with E-state index in [1.807, 2.05) is 44.6 Å². The Morgan fingerprint density at radius 2 is 1.96 bits per heavy atom. The van der Waals surface area contributed by atoms with Gasteiger partial charge in [-0.25, -0.2) is 9.50 Å². The maximum Gasteiger partial charge on any atom is 0.214 e. The Hall–Kier alpha value is -2.57. The van der Waals surface area contributed by atoms with E-state index in [-0.39, 0.29) is 0 Å². The molecule has 0 amide bonds. The van der Waals surface area contributed by atoms with E-state index >= 15 is 0 Å². The third kappa shape index (κ3) is 3.52. The number of benzene rings is 2. The molecule has 2 heterocycles. The maximum absolute atomic E-state index is 6.06. The molecule has 1 N–H and O–H groups in total. The number of nitrogens with zero attached hydrogens (tertiary/aromatic N) is 4. The van der Waals surface area contributed by atoms with Gasteiger partial charge in [0.05, 0.1) is 11.9 Å². The predicted molar refractivity (Wildman–Crippen MR) is 109 cm³/mol. The highest BCUT2D eigenvalue weighted by atomic mass is 35.5. The molecular weight excluding hydrogens is 366 g/mol. The van der Waals surface area contributed by atoms with Crippen LogP contribution in [0.25, 0.3) is 16.2 Å². The molecule has 4 rings (SSSR count). The first kappa shape index (κ1) is 16.9. The van der Waals surface area contributed by atoms with Gasteiger partial charge in [0.1, 0.15) is 0 Å². The summed E-state index contributed by atoms with van der Waals surface area (Å²) in [5.41, 5.74) is 4.26. The molecule has 0 aliphatic heterocycles. The number of imidazole rings is 1. The quantitative estimate of drug-likeness (QED) is 0.538. The molecule has 26 heavy (non-hydrogen) atoms. The molecule has 2 aromatic carbocycles. The molecule has 0 saturated heterocycles. The average Bonchev–Trinajstić information content (AvgIpc) is 3.19. The molecule has 0 aliphatic rings. The number of fused-ring (bicyclic) bond motifs is 1. The summed E-state index contributed by atoms with van der Waals surface area (Å²) in [6, 6.07) is 16.2. The zero-order valence-electron chi connectivity index (χ0n) is 14.5. The number of rotatable bonds is 5. The molecule has 4 aromatic rings. The van der Waals surface area contributed by atoms with Crippen molar-refractivity contribution in [3.8, 4) is 11.3 Å². The molecule has 5 nitrogen and oxygen atoms in total. The fourth-order valence-corrected chi connectivity index (χ4v) is 3.62. The Morgan fingerprint density at radius 3 is 2.65 bits per heavy atom. The molecule has 0 fully saturated rings. The van der Waals surface area contributed by atoms with Gasteiger partial charge in [-0.15, -0.1) is 5.10 Å². The van der Waals surface area contributed by atoms with Crippen LogP contribution in [0.5, 0.6) is 0 Å². The molecule has 0 aliphatic carbocycles. The van der Waals surface area contributed by atoms with Crippen molar-refractivity contribution < 1.29 is 0 Å². The molecule has 0 bridgehead atoms. The smallest absolute Gasteiger partial charge is 0.214 e. The highest BCUT2D eigenvalue weighted by Gasteiger charge is 2.10. The van der Waals surface area contributed by atoms with Gasteiger partial charge in [0.15, 0.2) is 0 Å². The van der Waals surface area contributed by atoms with E-state index in [9.17, 15) is 0 Å². The standard InChI is InChI=1S/C19H18ClN5S/c1-24(2)16-8-6-13(7-9-16)11-21-18-23-25-12-17(22-19(25)26-18)14-4-3-5-15(20)10-14/h3-10,12H,11H2,1-2H3,(H,21,23). The van der Waals surface area contributed by atoms with Crippen LogP contribution in [0.15, 0.2) is 54.7 Å². The summed E-state index contributed by atoms with van der Waals surface area (Å²) in [5, 5.41) is 9.48. The lowest BCUT2D eigenvalue weighted by molar-refractivity contribution is 0.962. The molecule has 132 valence electrons.